The van der Waals surface area contributed by atoms with Crippen LogP contribution in [0.1, 0.15) is 26.2 Å². The van der Waals surface area contributed by atoms with Crippen molar-refractivity contribution in [3.63, 3.8) is 0 Å². The number of nitrogens with zero attached hydrogens (tertiary/aromatic N) is 1. The number of sulfone groups is 2. The Kier molecular flexibility index (Phi) is 6.72. The van der Waals surface area contributed by atoms with Gasteiger partial charge in [0.25, 0.3) is 0 Å². The van der Waals surface area contributed by atoms with Crippen LogP contribution in [-0.2, 0) is 19.7 Å². The Hall–Kier alpha value is -2.26. The molecule has 0 unspecified atom stereocenters. The average molecular weight is 412 g/mol. The van der Waals surface area contributed by atoms with Crippen LogP contribution < -0.4 is 0 Å². The molecule has 0 amide bonds. The molecular weight excluding hydrogens is 390 g/mol. The van der Waals surface area contributed by atoms with Crippen LogP contribution in [0.25, 0.3) is 0 Å². The number of hydrogen-bond donors (Lipinski definition) is 0. The van der Waals surface area contributed by atoms with Gasteiger partial charge in [-0.3, -0.25) is 10.1 Å². The molecule has 0 heterocycles. The van der Waals surface area contributed by atoms with E-state index < -0.39 is 41.6 Å². The zero-order valence-electron chi connectivity index (χ0n) is 14.8. The van der Waals surface area contributed by atoms with E-state index in [1.807, 2.05) is 0 Å². The van der Waals surface area contributed by atoms with Gasteiger partial charge in [-0.15, -0.1) is 0 Å². The number of rotatable bonds is 9. The zero-order chi connectivity index (χ0) is 20.1. The van der Waals surface area contributed by atoms with Gasteiger partial charge in [0.15, 0.2) is 24.3 Å². The van der Waals surface area contributed by atoms with E-state index in [0.29, 0.717) is 6.42 Å². The van der Waals surface area contributed by atoms with Gasteiger partial charge < -0.3 is 0 Å². The second-order valence-corrected chi connectivity index (χ2v) is 10.7. The fourth-order valence-corrected chi connectivity index (χ4v) is 7.44. The normalized spacial score (nSPS) is 13.4. The first-order chi connectivity index (χ1) is 12.7. The van der Waals surface area contributed by atoms with E-state index in [1.54, 1.807) is 19.1 Å². The van der Waals surface area contributed by atoms with Crippen LogP contribution in [0.4, 0.5) is 0 Å². The van der Waals surface area contributed by atoms with Gasteiger partial charge in [-0.1, -0.05) is 43.3 Å². The first-order valence-corrected chi connectivity index (χ1v) is 11.5. The van der Waals surface area contributed by atoms with Crippen molar-refractivity contribution in [2.75, 3.05) is 0 Å². The first kappa shape index (κ1) is 21.0. The molecule has 0 bridgehead atoms. The monoisotopic (exact) mass is 411 g/mol. The lowest BCUT2D eigenvalue weighted by molar-refractivity contribution is -0.523. The molecule has 0 saturated heterocycles. The van der Waals surface area contributed by atoms with E-state index in [2.05, 4.69) is 0 Å². The van der Waals surface area contributed by atoms with E-state index in [-0.39, 0.29) is 16.2 Å². The van der Waals surface area contributed by atoms with E-state index in [9.17, 15) is 26.9 Å². The van der Waals surface area contributed by atoms with Crippen molar-refractivity contribution in [3.05, 3.63) is 70.8 Å². The largest absolute Gasteiger partial charge is 0.264 e. The van der Waals surface area contributed by atoms with Crippen LogP contribution in [0.2, 0.25) is 0 Å². The van der Waals surface area contributed by atoms with Gasteiger partial charge in [0.05, 0.1) is 9.79 Å². The lowest BCUT2D eigenvalue weighted by atomic mass is 10.1. The van der Waals surface area contributed by atoms with E-state index in [1.165, 1.54) is 48.5 Å². The van der Waals surface area contributed by atoms with Crippen molar-refractivity contribution in [1.82, 2.24) is 0 Å². The lowest BCUT2D eigenvalue weighted by Gasteiger charge is -2.20. The summed E-state index contributed by atoms with van der Waals surface area (Å²) in [6, 6.07) is 13.1. The van der Waals surface area contributed by atoms with E-state index >= 15 is 0 Å². The fourth-order valence-electron chi connectivity index (χ4n) is 2.81. The zero-order valence-corrected chi connectivity index (χ0v) is 16.4. The lowest BCUT2D eigenvalue weighted by Crippen LogP contribution is -2.36. The molecule has 9 heteroatoms. The Morgan fingerprint density at radius 2 is 1.26 bits per heavy atom. The molecule has 146 valence electrons. The maximum Gasteiger partial charge on any atom is 0.215 e. The molecule has 0 fully saturated rings. The maximum absolute atomic E-state index is 13.1. The highest BCUT2D eigenvalue weighted by molar-refractivity contribution is 8.09. The molecule has 7 nitrogen and oxygen atoms in total. The molecule has 0 aliphatic heterocycles. The quantitative estimate of drug-likeness (QED) is 0.463. The molecule has 0 radical (unpaired) electrons. The second kappa shape index (κ2) is 8.62. The predicted molar refractivity (Wildman–Crippen MR) is 101 cm³/mol. The summed E-state index contributed by atoms with van der Waals surface area (Å²) in [7, 11) is -8.69. The van der Waals surface area contributed by atoms with Crippen LogP contribution in [0.15, 0.2) is 70.5 Å². The fraction of sp³-hybridized carbons (Fsp3) is 0.333. The molecule has 0 saturated carbocycles. The Bertz CT molecular complexity index is 904. The summed E-state index contributed by atoms with van der Waals surface area (Å²) < 4.78 is 50.5. The van der Waals surface area contributed by atoms with Gasteiger partial charge in [0, 0.05) is 17.8 Å². The number of hydrogen-bond acceptors (Lipinski definition) is 6. The van der Waals surface area contributed by atoms with Crippen molar-refractivity contribution in [2.24, 2.45) is 0 Å². The van der Waals surface area contributed by atoms with Crippen molar-refractivity contribution in [1.29, 1.82) is 0 Å². The van der Waals surface area contributed by atoms with Crippen LogP contribution >= 0.6 is 0 Å². The molecule has 2 aromatic carbocycles. The Labute approximate surface area is 159 Å². The molecule has 1 atom stereocenters. The Balaban J connectivity index is 2.60. The Morgan fingerprint density at radius 3 is 1.59 bits per heavy atom. The molecule has 27 heavy (non-hydrogen) atoms. The van der Waals surface area contributed by atoms with Crippen LogP contribution in [0, 0.1) is 10.1 Å². The van der Waals surface area contributed by atoms with Gasteiger partial charge in [0.2, 0.25) is 6.04 Å². The summed E-state index contributed by atoms with van der Waals surface area (Å²) in [5.41, 5.74) is 0. The van der Waals surface area contributed by atoms with Gasteiger partial charge in [-0.05, 0) is 30.7 Å². The van der Waals surface area contributed by atoms with E-state index in [4.69, 9.17) is 0 Å². The molecule has 2 aromatic rings. The predicted octanol–water partition coefficient (Wildman–Crippen LogP) is 3.10. The minimum Gasteiger partial charge on any atom is -0.264 e. The molecule has 0 aliphatic rings. The average Bonchev–Trinajstić information content (AvgIpc) is 2.66. The highest BCUT2D eigenvalue weighted by Gasteiger charge is 2.43. The summed E-state index contributed by atoms with van der Waals surface area (Å²) in [6.07, 6.45) is -0.0669. The van der Waals surface area contributed by atoms with Crippen LogP contribution in [-0.4, -0.2) is 32.4 Å². The third kappa shape index (κ3) is 4.72. The topological polar surface area (TPSA) is 111 Å². The molecular formula is C18H21NO6S2. The summed E-state index contributed by atoms with van der Waals surface area (Å²) in [5.74, 6) is 0. The summed E-state index contributed by atoms with van der Waals surface area (Å²) in [5, 5.41) is 11.4. The number of benzene rings is 2. The third-order valence-electron chi connectivity index (χ3n) is 4.22. The second-order valence-electron chi connectivity index (χ2n) is 6.11. The highest BCUT2D eigenvalue weighted by atomic mass is 32.3. The van der Waals surface area contributed by atoms with Gasteiger partial charge in [0.1, 0.15) is 0 Å². The first-order valence-electron chi connectivity index (χ1n) is 8.42. The molecule has 0 spiro atoms. The minimum atomic E-state index is -4.35. The summed E-state index contributed by atoms with van der Waals surface area (Å²) in [4.78, 5) is 10.4. The maximum atomic E-state index is 13.1. The minimum absolute atomic E-state index is 0.0954. The third-order valence-corrected chi connectivity index (χ3v) is 9.37. The van der Waals surface area contributed by atoms with Gasteiger partial charge in [-0.25, -0.2) is 16.8 Å². The van der Waals surface area contributed by atoms with Gasteiger partial charge in [-0.2, -0.15) is 0 Å². The number of nitro groups is 1. The SMILES string of the molecule is CCC[C@H](CC(S(=O)(=O)c1ccccc1)S(=O)(=O)c1ccccc1)[N+](=O)[O-]. The molecule has 0 N–H and O–H groups in total. The van der Waals surface area contributed by atoms with Gasteiger partial charge >= 0.3 is 0 Å². The molecule has 0 aliphatic carbocycles. The van der Waals surface area contributed by atoms with Crippen LogP contribution in [0.5, 0.6) is 0 Å². The Morgan fingerprint density at radius 1 is 0.852 bits per heavy atom. The smallest absolute Gasteiger partial charge is 0.215 e. The van der Waals surface area contributed by atoms with Crippen molar-refractivity contribution < 1.29 is 21.8 Å². The summed E-state index contributed by atoms with van der Waals surface area (Å²) >= 11 is 0. The summed E-state index contributed by atoms with van der Waals surface area (Å²) in [6.45, 7) is 1.73. The van der Waals surface area contributed by atoms with Crippen LogP contribution in [0.3, 0.4) is 0 Å². The standard InChI is InChI=1S/C18H21NO6S2/c1-2-9-15(19(20)21)14-18(26(22,23)16-10-5-3-6-11-16)27(24,25)17-12-7-4-8-13-17/h3-8,10-13,15,18H,2,9,14H2,1H3/t15-/m1/s1. The molecule has 2 rings (SSSR count). The molecule has 0 aromatic heterocycles. The highest BCUT2D eigenvalue weighted by Crippen LogP contribution is 2.30. The van der Waals surface area contributed by atoms with Crippen molar-refractivity contribution >= 4 is 19.7 Å². The van der Waals surface area contributed by atoms with E-state index in [0.717, 1.165) is 0 Å². The van der Waals surface area contributed by atoms with Crippen molar-refractivity contribution in [3.8, 4) is 0 Å². The van der Waals surface area contributed by atoms with Crippen molar-refractivity contribution in [2.45, 2.75) is 46.6 Å².